The molecule has 1 heterocycles. The number of piperidine rings is 1. The Morgan fingerprint density at radius 2 is 1.71 bits per heavy atom. The molecule has 21 heavy (non-hydrogen) atoms. The Hall–Kier alpha value is -0.610. The van der Waals surface area contributed by atoms with E-state index in [0.717, 1.165) is 32.4 Å². The Bertz CT molecular complexity index is 307. The van der Waals surface area contributed by atoms with Gasteiger partial charge in [-0.05, 0) is 63.7 Å². The highest BCUT2D eigenvalue weighted by Crippen LogP contribution is 2.38. The molecule has 1 amide bonds. The van der Waals surface area contributed by atoms with E-state index in [0.29, 0.717) is 13.0 Å². The third kappa shape index (κ3) is 5.59. The third-order valence-electron chi connectivity index (χ3n) is 5.30. The zero-order valence-corrected chi connectivity index (χ0v) is 13.5. The molecule has 2 aliphatic rings. The molecule has 4 heteroatoms. The topological polar surface area (TPSA) is 58.4 Å². The number of hydrogen-bond donors (Lipinski definition) is 2. The van der Waals surface area contributed by atoms with Gasteiger partial charge in [-0.3, -0.25) is 4.79 Å². The number of likely N-dealkylation sites (tertiary alicyclic amines) is 1. The van der Waals surface area contributed by atoms with Crippen LogP contribution in [0, 0.1) is 5.41 Å². The van der Waals surface area contributed by atoms with E-state index in [2.05, 4.69) is 10.2 Å². The zero-order chi connectivity index (χ0) is 15.0. The monoisotopic (exact) mass is 295 g/mol. The van der Waals surface area contributed by atoms with Crippen LogP contribution in [-0.2, 0) is 4.79 Å². The van der Waals surface area contributed by atoms with Crippen LogP contribution in [0.25, 0.3) is 0 Å². The first kappa shape index (κ1) is 16.8. The maximum atomic E-state index is 12.1. The van der Waals surface area contributed by atoms with Gasteiger partial charge in [-0.15, -0.1) is 0 Å². The molecule has 1 aliphatic carbocycles. The van der Waals surface area contributed by atoms with Crippen molar-refractivity contribution in [3.63, 3.8) is 0 Å². The quantitative estimate of drug-likeness (QED) is 0.708. The van der Waals surface area contributed by atoms with E-state index in [1.54, 1.807) is 0 Å². The van der Waals surface area contributed by atoms with Gasteiger partial charge >= 0.3 is 0 Å². The molecule has 2 fully saturated rings. The number of nitrogens with one attached hydrogen (secondary N) is 1. The standard InChI is InChI=1S/C17H33N3O/c18-15-17(8-3-1-4-9-17)14-16(21)19-10-7-13-20-11-5-2-6-12-20/h1-15,18H2,(H,19,21). The summed E-state index contributed by atoms with van der Waals surface area (Å²) in [6, 6.07) is 0. The normalized spacial score (nSPS) is 22.9. The molecule has 0 aromatic rings. The maximum absolute atomic E-state index is 12.1. The maximum Gasteiger partial charge on any atom is 0.220 e. The molecule has 0 unspecified atom stereocenters. The van der Waals surface area contributed by atoms with Gasteiger partial charge < -0.3 is 16.0 Å². The minimum atomic E-state index is 0.0925. The number of nitrogens with two attached hydrogens (primary N) is 1. The second-order valence-corrected chi connectivity index (χ2v) is 7.05. The van der Waals surface area contributed by atoms with Gasteiger partial charge in [0.05, 0.1) is 0 Å². The number of amides is 1. The van der Waals surface area contributed by atoms with Crippen molar-refractivity contribution in [1.82, 2.24) is 10.2 Å². The van der Waals surface area contributed by atoms with Crippen LogP contribution in [0.1, 0.15) is 64.2 Å². The molecular formula is C17H33N3O. The highest BCUT2D eigenvalue weighted by Gasteiger charge is 2.32. The van der Waals surface area contributed by atoms with Crippen molar-refractivity contribution in [2.75, 3.05) is 32.7 Å². The molecule has 1 saturated heterocycles. The Morgan fingerprint density at radius 3 is 2.38 bits per heavy atom. The van der Waals surface area contributed by atoms with Crippen molar-refractivity contribution in [1.29, 1.82) is 0 Å². The molecule has 1 saturated carbocycles. The smallest absolute Gasteiger partial charge is 0.220 e. The Morgan fingerprint density at radius 1 is 1.05 bits per heavy atom. The SMILES string of the molecule is NCC1(CC(=O)NCCCN2CCCCC2)CCCCC1. The fourth-order valence-electron chi connectivity index (χ4n) is 3.87. The fraction of sp³-hybridized carbons (Fsp3) is 0.941. The first-order chi connectivity index (χ1) is 10.2. The second-order valence-electron chi connectivity index (χ2n) is 7.05. The lowest BCUT2D eigenvalue weighted by atomic mass is 9.71. The van der Waals surface area contributed by atoms with Crippen molar-refractivity contribution < 1.29 is 4.79 Å². The zero-order valence-electron chi connectivity index (χ0n) is 13.5. The van der Waals surface area contributed by atoms with Crippen LogP contribution in [0.5, 0.6) is 0 Å². The van der Waals surface area contributed by atoms with Gasteiger partial charge in [0.25, 0.3) is 0 Å². The first-order valence-electron chi connectivity index (χ1n) is 8.93. The third-order valence-corrected chi connectivity index (χ3v) is 5.30. The molecule has 3 N–H and O–H groups in total. The van der Waals surface area contributed by atoms with Gasteiger partial charge in [0.1, 0.15) is 0 Å². The number of rotatable bonds is 7. The van der Waals surface area contributed by atoms with Crippen LogP contribution in [0.2, 0.25) is 0 Å². The van der Waals surface area contributed by atoms with Gasteiger partial charge in [-0.2, -0.15) is 0 Å². The average Bonchev–Trinajstić information content (AvgIpc) is 2.53. The minimum Gasteiger partial charge on any atom is -0.356 e. The number of carbonyl (C=O) groups is 1. The van der Waals surface area contributed by atoms with E-state index in [9.17, 15) is 4.79 Å². The lowest BCUT2D eigenvalue weighted by Gasteiger charge is -2.35. The van der Waals surface area contributed by atoms with E-state index >= 15 is 0 Å². The molecule has 1 aliphatic heterocycles. The van der Waals surface area contributed by atoms with E-state index in [-0.39, 0.29) is 11.3 Å². The lowest BCUT2D eigenvalue weighted by Crippen LogP contribution is -2.39. The molecule has 0 bridgehead atoms. The predicted molar refractivity (Wildman–Crippen MR) is 87.1 cm³/mol. The predicted octanol–water partition coefficient (Wildman–Crippen LogP) is 2.28. The molecule has 0 aromatic heterocycles. The summed E-state index contributed by atoms with van der Waals surface area (Å²) < 4.78 is 0. The van der Waals surface area contributed by atoms with Crippen LogP contribution in [0.15, 0.2) is 0 Å². The molecule has 0 radical (unpaired) electrons. The summed E-state index contributed by atoms with van der Waals surface area (Å²) in [5.74, 6) is 0.209. The summed E-state index contributed by atoms with van der Waals surface area (Å²) in [5, 5.41) is 3.11. The van der Waals surface area contributed by atoms with Gasteiger partial charge in [-0.25, -0.2) is 0 Å². The van der Waals surface area contributed by atoms with E-state index < -0.39 is 0 Å². The summed E-state index contributed by atoms with van der Waals surface area (Å²) in [6.45, 7) is 5.08. The van der Waals surface area contributed by atoms with Gasteiger partial charge in [0.2, 0.25) is 5.91 Å². The van der Waals surface area contributed by atoms with E-state index in [1.165, 1.54) is 51.6 Å². The van der Waals surface area contributed by atoms with Crippen LogP contribution in [-0.4, -0.2) is 43.5 Å². The van der Waals surface area contributed by atoms with Crippen LogP contribution in [0.3, 0.4) is 0 Å². The van der Waals surface area contributed by atoms with Crippen molar-refractivity contribution in [3.05, 3.63) is 0 Å². The van der Waals surface area contributed by atoms with Crippen molar-refractivity contribution >= 4 is 5.91 Å². The average molecular weight is 295 g/mol. The second kappa shape index (κ2) is 8.74. The van der Waals surface area contributed by atoms with Gasteiger partial charge in [0, 0.05) is 13.0 Å². The van der Waals surface area contributed by atoms with Crippen LogP contribution < -0.4 is 11.1 Å². The number of hydrogen-bond acceptors (Lipinski definition) is 3. The molecule has 122 valence electrons. The van der Waals surface area contributed by atoms with Crippen LogP contribution in [0.4, 0.5) is 0 Å². The molecule has 0 spiro atoms. The molecular weight excluding hydrogens is 262 g/mol. The van der Waals surface area contributed by atoms with Crippen LogP contribution >= 0.6 is 0 Å². The van der Waals surface area contributed by atoms with Crippen molar-refractivity contribution in [2.24, 2.45) is 11.1 Å². The highest BCUT2D eigenvalue weighted by molar-refractivity contribution is 5.76. The molecule has 2 rings (SSSR count). The number of carbonyl (C=O) groups excluding carboxylic acids is 1. The fourth-order valence-corrected chi connectivity index (χ4v) is 3.87. The number of nitrogens with zero attached hydrogens (tertiary/aromatic N) is 1. The summed E-state index contributed by atoms with van der Waals surface area (Å²) in [7, 11) is 0. The van der Waals surface area contributed by atoms with E-state index in [1.807, 2.05) is 0 Å². The first-order valence-corrected chi connectivity index (χ1v) is 8.93. The Labute approximate surface area is 129 Å². The Balaban J connectivity index is 1.60. The minimum absolute atomic E-state index is 0.0925. The highest BCUT2D eigenvalue weighted by atomic mass is 16.1. The molecule has 0 atom stereocenters. The lowest BCUT2D eigenvalue weighted by molar-refractivity contribution is -0.123. The Kier molecular flexibility index (Phi) is 6.97. The molecule has 4 nitrogen and oxygen atoms in total. The molecule has 0 aromatic carbocycles. The summed E-state index contributed by atoms with van der Waals surface area (Å²) in [6.07, 6.45) is 11.8. The summed E-state index contributed by atoms with van der Waals surface area (Å²) in [4.78, 5) is 14.7. The summed E-state index contributed by atoms with van der Waals surface area (Å²) in [5.41, 5.74) is 6.04. The van der Waals surface area contributed by atoms with E-state index in [4.69, 9.17) is 5.73 Å². The van der Waals surface area contributed by atoms with Crippen molar-refractivity contribution in [2.45, 2.75) is 64.2 Å². The van der Waals surface area contributed by atoms with Gasteiger partial charge in [0.15, 0.2) is 0 Å². The largest absolute Gasteiger partial charge is 0.356 e. The van der Waals surface area contributed by atoms with Gasteiger partial charge in [-0.1, -0.05) is 25.7 Å². The summed E-state index contributed by atoms with van der Waals surface area (Å²) >= 11 is 0. The van der Waals surface area contributed by atoms with Crippen molar-refractivity contribution in [3.8, 4) is 0 Å².